The molecule has 0 heterocycles. The van der Waals surface area contributed by atoms with Gasteiger partial charge in [0.15, 0.2) is 0 Å². The number of carbonyl (C=O) groups excluding carboxylic acids is 1. The van der Waals surface area contributed by atoms with Gasteiger partial charge in [0.25, 0.3) is 0 Å². The molecule has 0 fully saturated rings. The number of ether oxygens (including phenoxy) is 1. The van der Waals surface area contributed by atoms with Crippen LogP contribution in [0.1, 0.15) is 15.9 Å². The van der Waals surface area contributed by atoms with Crippen molar-refractivity contribution in [1.29, 1.82) is 0 Å². The highest BCUT2D eigenvalue weighted by atomic mass is 35.5. The van der Waals surface area contributed by atoms with E-state index in [1.807, 2.05) is 0 Å². The number of halogens is 4. The Morgan fingerprint density at radius 2 is 2.06 bits per heavy atom. The van der Waals surface area contributed by atoms with Gasteiger partial charge in [0.1, 0.15) is 12.0 Å². The predicted molar refractivity (Wildman–Crippen MR) is 53.2 cm³/mol. The fraction of sp³-hybridized carbons (Fsp3) is 0.300. The third kappa shape index (κ3) is 3.13. The molecule has 0 aliphatic heterocycles. The first kappa shape index (κ1) is 12.8. The number of methoxy groups -OCH3 is 1. The SMILES string of the molecule is COc1cc(C=O)c(CC(F)(F)F)cc1Cl. The normalized spacial score (nSPS) is 11.3. The molecule has 88 valence electrons. The van der Waals surface area contributed by atoms with Gasteiger partial charge >= 0.3 is 6.18 Å². The molecule has 6 heteroatoms. The molecule has 1 rings (SSSR count). The lowest BCUT2D eigenvalue weighted by Gasteiger charge is -2.11. The summed E-state index contributed by atoms with van der Waals surface area (Å²) in [5, 5.41) is 0.0485. The van der Waals surface area contributed by atoms with Crippen molar-refractivity contribution in [3.63, 3.8) is 0 Å². The van der Waals surface area contributed by atoms with Crippen LogP contribution in [0.4, 0.5) is 13.2 Å². The van der Waals surface area contributed by atoms with E-state index in [0.29, 0.717) is 6.29 Å². The zero-order chi connectivity index (χ0) is 12.3. The first-order chi connectivity index (χ1) is 7.37. The van der Waals surface area contributed by atoms with E-state index in [-0.39, 0.29) is 21.9 Å². The molecule has 2 nitrogen and oxygen atoms in total. The molecule has 0 spiro atoms. The van der Waals surface area contributed by atoms with Gasteiger partial charge in [-0.1, -0.05) is 11.6 Å². The molecular weight excluding hydrogens is 245 g/mol. The van der Waals surface area contributed by atoms with Gasteiger partial charge in [0.05, 0.1) is 18.6 Å². The van der Waals surface area contributed by atoms with Crippen molar-refractivity contribution in [1.82, 2.24) is 0 Å². The zero-order valence-electron chi connectivity index (χ0n) is 8.27. The smallest absolute Gasteiger partial charge is 0.393 e. The number of hydrogen-bond donors (Lipinski definition) is 0. The molecule has 0 saturated heterocycles. The summed E-state index contributed by atoms with van der Waals surface area (Å²) >= 11 is 5.68. The summed E-state index contributed by atoms with van der Waals surface area (Å²) in [4.78, 5) is 10.6. The van der Waals surface area contributed by atoms with E-state index in [9.17, 15) is 18.0 Å². The molecule has 1 aromatic carbocycles. The number of hydrogen-bond acceptors (Lipinski definition) is 2. The molecule has 0 saturated carbocycles. The van der Waals surface area contributed by atoms with E-state index in [0.717, 1.165) is 6.07 Å². The summed E-state index contributed by atoms with van der Waals surface area (Å²) in [5.41, 5.74) is -0.230. The maximum absolute atomic E-state index is 12.2. The van der Waals surface area contributed by atoms with Gasteiger partial charge in [0, 0.05) is 5.56 Å². The third-order valence-electron chi connectivity index (χ3n) is 1.93. The van der Waals surface area contributed by atoms with Gasteiger partial charge in [0.2, 0.25) is 0 Å². The first-order valence-corrected chi connectivity index (χ1v) is 4.63. The minimum Gasteiger partial charge on any atom is -0.495 e. The van der Waals surface area contributed by atoms with Crippen molar-refractivity contribution < 1.29 is 22.7 Å². The fourth-order valence-electron chi connectivity index (χ4n) is 1.25. The minimum absolute atomic E-state index is 0.0485. The zero-order valence-corrected chi connectivity index (χ0v) is 9.02. The van der Waals surface area contributed by atoms with Gasteiger partial charge in [-0.05, 0) is 17.7 Å². The van der Waals surface area contributed by atoms with Crippen LogP contribution in [-0.4, -0.2) is 19.6 Å². The van der Waals surface area contributed by atoms with Crippen molar-refractivity contribution in [3.8, 4) is 5.75 Å². The summed E-state index contributed by atoms with van der Waals surface area (Å²) < 4.78 is 41.3. The molecule has 0 unspecified atom stereocenters. The minimum atomic E-state index is -4.38. The lowest BCUT2D eigenvalue weighted by molar-refractivity contribution is -0.127. The topological polar surface area (TPSA) is 26.3 Å². The van der Waals surface area contributed by atoms with Crippen LogP contribution in [0.2, 0.25) is 5.02 Å². The fourth-order valence-corrected chi connectivity index (χ4v) is 1.51. The van der Waals surface area contributed by atoms with Gasteiger partial charge < -0.3 is 4.74 Å². The van der Waals surface area contributed by atoms with E-state index in [1.165, 1.54) is 13.2 Å². The Balaban J connectivity index is 3.18. The second-order valence-corrected chi connectivity index (χ2v) is 3.50. The maximum atomic E-state index is 12.2. The van der Waals surface area contributed by atoms with Crippen molar-refractivity contribution in [2.45, 2.75) is 12.6 Å². The lowest BCUT2D eigenvalue weighted by atomic mass is 10.0. The number of aldehydes is 1. The molecule has 0 aliphatic carbocycles. The van der Waals surface area contributed by atoms with Crippen LogP contribution in [0.5, 0.6) is 5.75 Å². The molecule has 0 amide bonds. The van der Waals surface area contributed by atoms with E-state index in [1.54, 1.807) is 0 Å². The van der Waals surface area contributed by atoms with Crippen LogP contribution >= 0.6 is 11.6 Å². The first-order valence-electron chi connectivity index (χ1n) is 4.25. The van der Waals surface area contributed by atoms with Gasteiger partial charge in [-0.2, -0.15) is 13.2 Å². The predicted octanol–water partition coefficient (Wildman–Crippen LogP) is 3.27. The van der Waals surface area contributed by atoms with Crippen LogP contribution in [0.15, 0.2) is 12.1 Å². The molecule has 16 heavy (non-hydrogen) atoms. The Labute approximate surface area is 95.0 Å². The highest BCUT2D eigenvalue weighted by molar-refractivity contribution is 6.32. The lowest BCUT2D eigenvalue weighted by Crippen LogP contribution is -2.13. The van der Waals surface area contributed by atoms with Crippen molar-refractivity contribution in [2.75, 3.05) is 7.11 Å². The van der Waals surface area contributed by atoms with Crippen LogP contribution < -0.4 is 4.74 Å². The number of rotatable bonds is 3. The summed E-state index contributed by atoms with van der Waals surface area (Å²) in [5.74, 6) is 0.176. The van der Waals surface area contributed by atoms with E-state index < -0.39 is 12.6 Å². The Morgan fingerprint density at radius 1 is 1.44 bits per heavy atom. The monoisotopic (exact) mass is 252 g/mol. The highest BCUT2D eigenvalue weighted by Crippen LogP contribution is 2.31. The summed E-state index contributed by atoms with van der Waals surface area (Å²) in [6.07, 6.45) is -5.22. The Hall–Kier alpha value is -1.23. The van der Waals surface area contributed by atoms with Gasteiger partial charge in [-0.25, -0.2) is 0 Å². The molecule has 0 N–H and O–H groups in total. The van der Waals surface area contributed by atoms with E-state index in [4.69, 9.17) is 16.3 Å². The summed E-state index contributed by atoms with van der Waals surface area (Å²) in [6.45, 7) is 0. The number of carbonyl (C=O) groups is 1. The third-order valence-corrected chi connectivity index (χ3v) is 2.23. The molecule has 1 aromatic rings. The average Bonchev–Trinajstić information content (AvgIpc) is 2.16. The quantitative estimate of drug-likeness (QED) is 0.772. The molecule has 0 bridgehead atoms. The highest BCUT2D eigenvalue weighted by Gasteiger charge is 2.29. The van der Waals surface area contributed by atoms with E-state index >= 15 is 0 Å². The van der Waals surface area contributed by atoms with E-state index in [2.05, 4.69) is 0 Å². The second kappa shape index (κ2) is 4.74. The van der Waals surface area contributed by atoms with Crippen LogP contribution in [0.3, 0.4) is 0 Å². The molecule has 0 aromatic heterocycles. The average molecular weight is 253 g/mol. The van der Waals surface area contributed by atoms with Crippen LogP contribution in [-0.2, 0) is 6.42 Å². The Bertz CT molecular complexity index is 402. The summed E-state index contributed by atoms with van der Waals surface area (Å²) in [7, 11) is 1.32. The number of alkyl halides is 3. The van der Waals surface area contributed by atoms with Gasteiger partial charge in [-0.3, -0.25) is 4.79 Å². The second-order valence-electron chi connectivity index (χ2n) is 3.10. The van der Waals surface area contributed by atoms with Crippen molar-refractivity contribution in [2.24, 2.45) is 0 Å². The Kier molecular flexibility index (Phi) is 3.80. The van der Waals surface area contributed by atoms with Crippen LogP contribution in [0.25, 0.3) is 0 Å². The molecule has 0 aliphatic rings. The standard InChI is InChI=1S/C10H8ClF3O2/c1-16-9-3-7(5-15)6(2-8(9)11)4-10(12,13)14/h2-3,5H,4H2,1H3. The van der Waals surface area contributed by atoms with Gasteiger partial charge in [-0.15, -0.1) is 0 Å². The largest absolute Gasteiger partial charge is 0.495 e. The Morgan fingerprint density at radius 3 is 2.50 bits per heavy atom. The molecule has 0 atom stereocenters. The van der Waals surface area contributed by atoms with Crippen molar-refractivity contribution in [3.05, 3.63) is 28.3 Å². The maximum Gasteiger partial charge on any atom is 0.393 e. The number of benzene rings is 1. The van der Waals surface area contributed by atoms with Crippen molar-refractivity contribution >= 4 is 17.9 Å². The molecule has 0 radical (unpaired) electrons. The summed E-state index contributed by atoms with van der Waals surface area (Å²) in [6, 6.07) is 2.29. The van der Waals surface area contributed by atoms with Crippen LogP contribution in [0, 0.1) is 0 Å². The molecular formula is C10H8ClF3O2.